The van der Waals surface area contributed by atoms with Crippen LogP contribution in [0.3, 0.4) is 0 Å². The van der Waals surface area contributed by atoms with Crippen LogP contribution in [-0.2, 0) is 11.8 Å². The van der Waals surface area contributed by atoms with Gasteiger partial charge in [0.2, 0.25) is 0 Å². The van der Waals surface area contributed by atoms with E-state index in [4.69, 9.17) is 5.11 Å². The van der Waals surface area contributed by atoms with Crippen molar-refractivity contribution in [1.29, 1.82) is 0 Å². The van der Waals surface area contributed by atoms with Gasteiger partial charge in [0, 0.05) is 11.2 Å². The molecule has 0 unspecified atom stereocenters. The van der Waals surface area contributed by atoms with Crippen molar-refractivity contribution >= 4 is 11.8 Å². The number of aliphatic hydroxyl groups is 1. The highest BCUT2D eigenvalue weighted by atomic mass is 35.5. The van der Waals surface area contributed by atoms with Crippen molar-refractivity contribution in [3.05, 3.63) is 29.3 Å². The van der Waals surface area contributed by atoms with E-state index in [0.29, 0.717) is 17.0 Å². The zero-order valence-corrected chi connectivity index (χ0v) is 14.4. The number of phenols is 1. The van der Waals surface area contributed by atoms with Crippen LogP contribution in [0.15, 0.2) is 18.2 Å². The van der Waals surface area contributed by atoms with E-state index in [9.17, 15) is 5.11 Å². The Bertz CT molecular complexity index is 466. The molecule has 0 heterocycles. The lowest BCUT2D eigenvalue weighted by molar-refractivity contribution is -0.439. The molecule has 5 N–H and O–H groups in total. The van der Waals surface area contributed by atoms with Crippen molar-refractivity contribution in [2.45, 2.75) is 49.8 Å². The Kier molecular flexibility index (Phi) is 6.85. The molecule has 0 bridgehead atoms. The van der Waals surface area contributed by atoms with Gasteiger partial charge in [-0.3, -0.25) is 0 Å². The number of phenolic OH excluding ortho intramolecular Hbond substituents is 1. The van der Waals surface area contributed by atoms with Crippen molar-refractivity contribution in [3.8, 4) is 5.75 Å². The van der Waals surface area contributed by atoms with Crippen LogP contribution in [0.2, 0.25) is 0 Å². The molecule has 1 aliphatic rings. The SMILES string of the molecule is CCC1(CC)c2cc(O)ccc2C[C@@H](SCCO)[C@@H]1[NH3+].[Cl-]. The van der Waals surface area contributed by atoms with Crippen LogP contribution >= 0.6 is 11.8 Å². The quantitative estimate of drug-likeness (QED) is 0.629. The summed E-state index contributed by atoms with van der Waals surface area (Å²) < 4.78 is 0. The maximum atomic E-state index is 9.85. The molecular weight excluding hydrogens is 306 g/mol. The summed E-state index contributed by atoms with van der Waals surface area (Å²) in [6, 6.07) is 6.09. The number of halogens is 1. The summed E-state index contributed by atoms with van der Waals surface area (Å²) in [6.07, 6.45) is 3.05. The van der Waals surface area contributed by atoms with Gasteiger partial charge in [-0.1, -0.05) is 19.9 Å². The van der Waals surface area contributed by atoms with E-state index in [-0.39, 0.29) is 24.4 Å². The van der Waals surface area contributed by atoms with Crippen LogP contribution in [0.4, 0.5) is 0 Å². The lowest BCUT2D eigenvalue weighted by Gasteiger charge is -2.44. The number of aromatic hydroxyl groups is 1. The third-order valence-electron chi connectivity index (χ3n) is 4.89. The molecule has 0 spiro atoms. The third kappa shape index (κ3) is 3.34. The van der Waals surface area contributed by atoms with E-state index >= 15 is 0 Å². The lowest BCUT2D eigenvalue weighted by Crippen LogP contribution is -3.00. The molecule has 1 aromatic carbocycles. The third-order valence-corrected chi connectivity index (χ3v) is 6.24. The topological polar surface area (TPSA) is 68.1 Å². The Morgan fingerprint density at radius 2 is 2.00 bits per heavy atom. The van der Waals surface area contributed by atoms with Crippen molar-refractivity contribution in [2.75, 3.05) is 12.4 Å². The Hall–Kier alpha value is -0.420. The van der Waals surface area contributed by atoms with E-state index < -0.39 is 0 Å². The number of benzene rings is 1. The molecular formula is C16H26ClNO2S. The van der Waals surface area contributed by atoms with E-state index in [1.165, 1.54) is 11.1 Å². The van der Waals surface area contributed by atoms with Crippen molar-refractivity contribution in [3.63, 3.8) is 0 Å². The monoisotopic (exact) mass is 331 g/mol. The summed E-state index contributed by atoms with van der Waals surface area (Å²) in [6.45, 7) is 4.66. The van der Waals surface area contributed by atoms with Crippen LogP contribution in [0.5, 0.6) is 5.75 Å². The molecule has 0 fully saturated rings. The molecule has 0 radical (unpaired) electrons. The van der Waals surface area contributed by atoms with Crippen LogP contribution in [0.1, 0.15) is 37.8 Å². The fourth-order valence-corrected chi connectivity index (χ4v) is 4.85. The van der Waals surface area contributed by atoms with Gasteiger partial charge in [-0.2, -0.15) is 0 Å². The fraction of sp³-hybridized carbons (Fsp3) is 0.625. The van der Waals surface area contributed by atoms with Crippen LogP contribution in [-0.4, -0.2) is 33.9 Å². The molecule has 120 valence electrons. The largest absolute Gasteiger partial charge is 1.00 e. The Morgan fingerprint density at radius 1 is 1.33 bits per heavy atom. The number of hydrogen-bond donors (Lipinski definition) is 3. The van der Waals surface area contributed by atoms with Gasteiger partial charge in [0.1, 0.15) is 11.8 Å². The van der Waals surface area contributed by atoms with Gasteiger partial charge in [-0.15, -0.1) is 11.8 Å². The normalized spacial score (nSPS) is 23.2. The number of aliphatic hydroxyl groups excluding tert-OH is 1. The molecule has 0 aromatic heterocycles. The average Bonchev–Trinajstić information content (AvgIpc) is 2.46. The number of quaternary nitrogens is 1. The second-order valence-corrected chi connectivity index (χ2v) is 7.00. The van der Waals surface area contributed by atoms with Gasteiger partial charge >= 0.3 is 0 Å². The molecule has 0 saturated heterocycles. The van der Waals surface area contributed by atoms with Gasteiger partial charge in [-0.05, 0) is 42.5 Å². The second kappa shape index (κ2) is 7.73. The van der Waals surface area contributed by atoms with E-state index in [0.717, 1.165) is 25.0 Å². The van der Waals surface area contributed by atoms with E-state index in [1.807, 2.05) is 17.8 Å². The summed E-state index contributed by atoms with van der Waals surface area (Å²) in [5, 5.41) is 19.4. The summed E-state index contributed by atoms with van der Waals surface area (Å²) in [7, 11) is 0. The molecule has 0 saturated carbocycles. The standard InChI is InChI=1S/C16H25NO2S.ClH/c1-3-16(4-2)13-10-12(19)6-5-11(13)9-14(15(16)17)20-8-7-18;/h5-6,10,14-15,18-19H,3-4,7-9,17H2,1-2H3;1H/t14-,15+;/m1./s1. The fourth-order valence-electron chi connectivity index (χ4n) is 3.65. The molecule has 2 atom stereocenters. The zero-order chi connectivity index (χ0) is 14.8. The first kappa shape index (κ1) is 18.6. The van der Waals surface area contributed by atoms with Gasteiger partial charge in [0.05, 0.1) is 11.9 Å². The van der Waals surface area contributed by atoms with Crippen LogP contribution in [0.25, 0.3) is 0 Å². The highest BCUT2D eigenvalue weighted by Gasteiger charge is 2.47. The first-order valence-electron chi connectivity index (χ1n) is 7.47. The second-order valence-electron chi connectivity index (χ2n) is 5.65. The summed E-state index contributed by atoms with van der Waals surface area (Å²) in [4.78, 5) is 0. The van der Waals surface area contributed by atoms with Gasteiger partial charge in [0.15, 0.2) is 0 Å². The summed E-state index contributed by atoms with van der Waals surface area (Å²) in [5.41, 5.74) is 7.13. The van der Waals surface area contributed by atoms with Gasteiger partial charge in [0.25, 0.3) is 0 Å². The molecule has 1 aliphatic carbocycles. The first-order chi connectivity index (χ1) is 9.58. The molecule has 1 aromatic rings. The van der Waals surface area contributed by atoms with E-state index in [1.54, 1.807) is 6.07 Å². The molecule has 3 nitrogen and oxygen atoms in total. The number of thioether (sulfide) groups is 1. The molecule has 0 aliphatic heterocycles. The van der Waals surface area contributed by atoms with Gasteiger partial charge in [-0.25, -0.2) is 0 Å². The highest BCUT2D eigenvalue weighted by Crippen LogP contribution is 2.45. The molecule has 0 amide bonds. The predicted molar refractivity (Wildman–Crippen MR) is 84.1 cm³/mol. The van der Waals surface area contributed by atoms with Gasteiger partial charge < -0.3 is 28.4 Å². The average molecular weight is 332 g/mol. The molecule has 2 rings (SSSR count). The van der Waals surface area contributed by atoms with Crippen molar-refractivity contribution in [2.24, 2.45) is 0 Å². The first-order valence-corrected chi connectivity index (χ1v) is 8.51. The van der Waals surface area contributed by atoms with E-state index in [2.05, 4.69) is 25.6 Å². The maximum Gasteiger partial charge on any atom is 0.115 e. The molecule has 5 heteroatoms. The maximum absolute atomic E-state index is 9.85. The Labute approximate surface area is 137 Å². The zero-order valence-electron chi connectivity index (χ0n) is 12.8. The highest BCUT2D eigenvalue weighted by molar-refractivity contribution is 8.00. The summed E-state index contributed by atoms with van der Waals surface area (Å²) >= 11 is 1.83. The minimum atomic E-state index is 0. The minimum absolute atomic E-state index is 0. The molecule has 21 heavy (non-hydrogen) atoms. The van der Waals surface area contributed by atoms with Crippen molar-refractivity contribution < 1.29 is 28.4 Å². The number of hydrogen-bond acceptors (Lipinski definition) is 3. The smallest absolute Gasteiger partial charge is 0.115 e. The van der Waals surface area contributed by atoms with Crippen LogP contribution < -0.4 is 18.1 Å². The minimum Gasteiger partial charge on any atom is -1.00 e. The Morgan fingerprint density at radius 3 is 2.57 bits per heavy atom. The summed E-state index contributed by atoms with van der Waals surface area (Å²) in [5.74, 6) is 1.12. The Balaban J connectivity index is 0.00000220. The van der Waals surface area contributed by atoms with Crippen LogP contribution in [0, 0.1) is 0 Å². The predicted octanol–water partition coefficient (Wildman–Crippen LogP) is -1.29. The number of rotatable bonds is 5. The lowest BCUT2D eigenvalue weighted by atomic mass is 9.63. The number of fused-ring (bicyclic) bond motifs is 1. The van der Waals surface area contributed by atoms with Crippen molar-refractivity contribution in [1.82, 2.24) is 0 Å².